The van der Waals surface area contributed by atoms with E-state index < -0.39 is 0 Å². The summed E-state index contributed by atoms with van der Waals surface area (Å²) in [5, 5.41) is 13.4. The van der Waals surface area contributed by atoms with E-state index in [2.05, 4.69) is 37.4 Å². The number of anilines is 1. The SMILES string of the molecule is Cc1ccc(C)c(NCC(O)CC2CCCC2)c1. The molecule has 0 radical (unpaired) electrons. The second-order valence-corrected chi connectivity index (χ2v) is 5.74. The van der Waals surface area contributed by atoms with Crippen molar-refractivity contribution in [1.29, 1.82) is 0 Å². The lowest BCUT2D eigenvalue weighted by molar-refractivity contribution is 0.155. The molecule has 100 valence electrons. The molecule has 1 unspecified atom stereocenters. The molecule has 2 N–H and O–H groups in total. The van der Waals surface area contributed by atoms with Crippen LogP contribution in [0, 0.1) is 19.8 Å². The average molecular weight is 247 g/mol. The number of aliphatic hydroxyl groups is 1. The molecule has 1 saturated carbocycles. The molecule has 1 aliphatic carbocycles. The van der Waals surface area contributed by atoms with Gasteiger partial charge in [-0.2, -0.15) is 0 Å². The maximum atomic E-state index is 10.1. The zero-order chi connectivity index (χ0) is 13.0. The zero-order valence-corrected chi connectivity index (χ0v) is 11.6. The molecule has 0 bridgehead atoms. The molecule has 18 heavy (non-hydrogen) atoms. The van der Waals surface area contributed by atoms with Crippen molar-refractivity contribution in [2.75, 3.05) is 11.9 Å². The number of hydrogen-bond donors (Lipinski definition) is 2. The molecule has 1 aliphatic rings. The van der Waals surface area contributed by atoms with Gasteiger partial charge in [0.15, 0.2) is 0 Å². The summed E-state index contributed by atoms with van der Waals surface area (Å²) in [5.74, 6) is 0.750. The van der Waals surface area contributed by atoms with E-state index in [1.807, 2.05) is 0 Å². The molecule has 0 saturated heterocycles. The van der Waals surface area contributed by atoms with E-state index in [9.17, 15) is 5.11 Å². The monoisotopic (exact) mass is 247 g/mol. The summed E-state index contributed by atoms with van der Waals surface area (Å²) in [5.41, 5.74) is 3.66. The van der Waals surface area contributed by atoms with Gasteiger partial charge in [0.25, 0.3) is 0 Å². The summed E-state index contributed by atoms with van der Waals surface area (Å²) >= 11 is 0. The number of hydrogen-bond acceptors (Lipinski definition) is 2. The first-order valence-electron chi connectivity index (χ1n) is 7.14. The van der Waals surface area contributed by atoms with Gasteiger partial charge < -0.3 is 10.4 Å². The highest BCUT2D eigenvalue weighted by Gasteiger charge is 2.18. The van der Waals surface area contributed by atoms with Crippen molar-refractivity contribution in [1.82, 2.24) is 0 Å². The Morgan fingerprint density at radius 2 is 2.00 bits per heavy atom. The summed E-state index contributed by atoms with van der Waals surface area (Å²) in [6, 6.07) is 6.40. The molecule has 1 atom stereocenters. The largest absolute Gasteiger partial charge is 0.391 e. The summed E-state index contributed by atoms with van der Waals surface area (Å²) < 4.78 is 0. The van der Waals surface area contributed by atoms with Gasteiger partial charge >= 0.3 is 0 Å². The van der Waals surface area contributed by atoms with Gasteiger partial charge in [0.05, 0.1) is 6.10 Å². The quantitative estimate of drug-likeness (QED) is 0.832. The molecule has 1 fully saturated rings. The average Bonchev–Trinajstić information content (AvgIpc) is 2.83. The highest BCUT2D eigenvalue weighted by atomic mass is 16.3. The van der Waals surface area contributed by atoms with Gasteiger partial charge in [0.1, 0.15) is 0 Å². The number of rotatable bonds is 5. The molecule has 0 aromatic heterocycles. The van der Waals surface area contributed by atoms with Crippen LogP contribution in [0.2, 0.25) is 0 Å². The second kappa shape index (κ2) is 6.24. The minimum absolute atomic E-state index is 0.215. The number of benzene rings is 1. The van der Waals surface area contributed by atoms with Crippen LogP contribution in [-0.4, -0.2) is 17.8 Å². The fourth-order valence-corrected chi connectivity index (χ4v) is 2.87. The van der Waals surface area contributed by atoms with Gasteiger partial charge in [-0.15, -0.1) is 0 Å². The van der Waals surface area contributed by atoms with Crippen LogP contribution in [0.4, 0.5) is 5.69 Å². The normalized spacial score (nSPS) is 17.9. The zero-order valence-electron chi connectivity index (χ0n) is 11.6. The van der Waals surface area contributed by atoms with Gasteiger partial charge in [-0.3, -0.25) is 0 Å². The topological polar surface area (TPSA) is 32.3 Å². The predicted octanol–water partition coefficient (Wildman–Crippen LogP) is 3.66. The summed E-state index contributed by atoms with van der Waals surface area (Å²) in [7, 11) is 0. The predicted molar refractivity (Wildman–Crippen MR) is 77.0 cm³/mol. The van der Waals surface area contributed by atoms with E-state index in [1.54, 1.807) is 0 Å². The Kier molecular flexibility index (Phi) is 4.65. The fraction of sp³-hybridized carbons (Fsp3) is 0.625. The summed E-state index contributed by atoms with van der Waals surface area (Å²) in [6.45, 7) is 4.87. The third-order valence-corrected chi connectivity index (χ3v) is 4.00. The highest BCUT2D eigenvalue weighted by molar-refractivity contribution is 5.52. The van der Waals surface area contributed by atoms with E-state index in [0.29, 0.717) is 6.54 Å². The van der Waals surface area contributed by atoms with E-state index in [1.165, 1.54) is 36.8 Å². The minimum atomic E-state index is -0.215. The van der Waals surface area contributed by atoms with Crippen LogP contribution in [0.25, 0.3) is 0 Å². The van der Waals surface area contributed by atoms with Gasteiger partial charge in [-0.05, 0) is 43.4 Å². The van der Waals surface area contributed by atoms with Crippen LogP contribution in [0.1, 0.15) is 43.2 Å². The molecule has 0 aliphatic heterocycles. The molecule has 0 spiro atoms. The van der Waals surface area contributed by atoms with Crippen molar-refractivity contribution < 1.29 is 5.11 Å². The Bertz CT molecular complexity index is 383. The Balaban J connectivity index is 1.81. The molecule has 0 heterocycles. The fourth-order valence-electron chi connectivity index (χ4n) is 2.87. The Morgan fingerprint density at radius 1 is 1.28 bits per heavy atom. The summed E-state index contributed by atoms with van der Waals surface area (Å²) in [4.78, 5) is 0. The highest BCUT2D eigenvalue weighted by Crippen LogP contribution is 2.28. The third kappa shape index (κ3) is 3.74. The Labute approximate surface area is 110 Å². The van der Waals surface area contributed by atoms with Gasteiger partial charge in [-0.1, -0.05) is 37.8 Å². The molecule has 2 heteroatoms. The van der Waals surface area contributed by atoms with Crippen molar-refractivity contribution in [2.24, 2.45) is 5.92 Å². The van der Waals surface area contributed by atoms with Crippen molar-refractivity contribution in [3.8, 4) is 0 Å². The first-order valence-corrected chi connectivity index (χ1v) is 7.14. The lowest BCUT2D eigenvalue weighted by Gasteiger charge is -2.17. The Hall–Kier alpha value is -1.02. The molecular weight excluding hydrogens is 222 g/mol. The molecule has 2 nitrogen and oxygen atoms in total. The Morgan fingerprint density at radius 3 is 2.72 bits per heavy atom. The molecule has 1 aromatic rings. The smallest absolute Gasteiger partial charge is 0.0715 e. The minimum Gasteiger partial charge on any atom is -0.391 e. The van der Waals surface area contributed by atoms with Crippen molar-refractivity contribution in [2.45, 2.75) is 52.1 Å². The van der Waals surface area contributed by atoms with Crippen LogP contribution in [0.5, 0.6) is 0 Å². The number of nitrogens with one attached hydrogen (secondary N) is 1. The van der Waals surface area contributed by atoms with Crippen molar-refractivity contribution in [3.63, 3.8) is 0 Å². The third-order valence-electron chi connectivity index (χ3n) is 4.00. The molecule has 1 aromatic carbocycles. The van der Waals surface area contributed by atoms with Gasteiger partial charge in [0, 0.05) is 12.2 Å². The van der Waals surface area contributed by atoms with E-state index in [4.69, 9.17) is 0 Å². The lowest BCUT2D eigenvalue weighted by Crippen LogP contribution is -2.22. The van der Waals surface area contributed by atoms with E-state index >= 15 is 0 Å². The lowest BCUT2D eigenvalue weighted by atomic mass is 10.00. The van der Waals surface area contributed by atoms with Crippen molar-refractivity contribution >= 4 is 5.69 Å². The van der Waals surface area contributed by atoms with E-state index in [0.717, 1.165) is 18.0 Å². The van der Waals surface area contributed by atoms with Crippen LogP contribution < -0.4 is 5.32 Å². The van der Waals surface area contributed by atoms with Crippen LogP contribution in [0.3, 0.4) is 0 Å². The van der Waals surface area contributed by atoms with Crippen LogP contribution in [-0.2, 0) is 0 Å². The number of aryl methyl sites for hydroxylation is 2. The molecular formula is C16H25NO. The maximum absolute atomic E-state index is 10.1. The van der Waals surface area contributed by atoms with Crippen molar-refractivity contribution in [3.05, 3.63) is 29.3 Å². The molecule has 2 rings (SSSR count). The van der Waals surface area contributed by atoms with E-state index in [-0.39, 0.29) is 6.10 Å². The first kappa shape index (κ1) is 13.4. The molecule has 0 amide bonds. The second-order valence-electron chi connectivity index (χ2n) is 5.74. The van der Waals surface area contributed by atoms with Crippen LogP contribution >= 0.6 is 0 Å². The standard InChI is InChI=1S/C16H25NO/c1-12-7-8-13(2)16(9-12)17-11-15(18)10-14-5-3-4-6-14/h7-9,14-15,17-18H,3-6,10-11H2,1-2H3. The first-order chi connectivity index (χ1) is 8.65. The van der Waals surface area contributed by atoms with Gasteiger partial charge in [-0.25, -0.2) is 0 Å². The van der Waals surface area contributed by atoms with Gasteiger partial charge in [0.2, 0.25) is 0 Å². The van der Waals surface area contributed by atoms with Crippen LogP contribution in [0.15, 0.2) is 18.2 Å². The maximum Gasteiger partial charge on any atom is 0.0715 e. The summed E-state index contributed by atoms with van der Waals surface area (Å²) in [6.07, 6.45) is 6.05. The number of aliphatic hydroxyl groups excluding tert-OH is 1.